The maximum atomic E-state index is 13.0. The summed E-state index contributed by atoms with van der Waals surface area (Å²) in [5, 5.41) is 0. The minimum atomic E-state index is -3.85. The molecule has 0 saturated carbocycles. The second-order valence-corrected chi connectivity index (χ2v) is 8.04. The van der Waals surface area contributed by atoms with E-state index in [1.807, 2.05) is 24.3 Å². The predicted molar refractivity (Wildman–Crippen MR) is 93.3 cm³/mol. The Labute approximate surface area is 146 Å². The molecule has 0 aliphatic carbocycles. The van der Waals surface area contributed by atoms with Gasteiger partial charge in [0.1, 0.15) is 5.82 Å². The molecule has 1 heterocycles. The highest BCUT2D eigenvalue weighted by molar-refractivity contribution is 7.89. The molecule has 0 fully saturated rings. The van der Waals surface area contributed by atoms with Crippen molar-refractivity contribution in [1.82, 2.24) is 4.31 Å². The van der Waals surface area contributed by atoms with Gasteiger partial charge in [-0.3, -0.25) is 4.79 Å². The maximum absolute atomic E-state index is 13.0. The third-order valence-electron chi connectivity index (χ3n) is 4.29. The average Bonchev–Trinajstić information content (AvgIpc) is 2.61. The van der Waals surface area contributed by atoms with Gasteiger partial charge < -0.3 is 4.90 Å². The van der Waals surface area contributed by atoms with E-state index in [0.29, 0.717) is 6.54 Å². The summed E-state index contributed by atoms with van der Waals surface area (Å²) < 4.78 is 39.1. The lowest BCUT2D eigenvalue weighted by molar-refractivity contribution is -0.118. The molecule has 1 aliphatic rings. The van der Waals surface area contributed by atoms with Crippen LogP contribution in [0.3, 0.4) is 0 Å². The molecular formula is C18H19FN2O3S. The number of carbonyl (C=O) groups excluding carboxylic acids is 1. The fraction of sp³-hybridized carbons (Fsp3) is 0.278. The van der Waals surface area contributed by atoms with Gasteiger partial charge in [0, 0.05) is 19.3 Å². The Hall–Kier alpha value is -2.25. The van der Waals surface area contributed by atoms with Gasteiger partial charge in [-0.25, -0.2) is 12.8 Å². The molecule has 5 nitrogen and oxygen atoms in total. The number of aryl methyl sites for hydroxylation is 1. The summed E-state index contributed by atoms with van der Waals surface area (Å²) in [7, 11) is -2.49. The first-order chi connectivity index (χ1) is 11.9. The minimum absolute atomic E-state index is 0.0387. The Morgan fingerprint density at radius 2 is 1.84 bits per heavy atom. The molecule has 1 aliphatic heterocycles. The van der Waals surface area contributed by atoms with Crippen molar-refractivity contribution in [2.24, 2.45) is 0 Å². The van der Waals surface area contributed by atoms with Gasteiger partial charge in [0.05, 0.1) is 11.4 Å². The zero-order valence-corrected chi connectivity index (χ0v) is 14.7. The van der Waals surface area contributed by atoms with E-state index < -0.39 is 15.8 Å². The van der Waals surface area contributed by atoms with Crippen LogP contribution in [0.15, 0.2) is 53.4 Å². The number of likely N-dealkylation sites (N-methyl/N-ethyl adjacent to an activating group) is 1. The number of amides is 1. The summed E-state index contributed by atoms with van der Waals surface area (Å²) in [5.74, 6) is -0.789. The van der Waals surface area contributed by atoms with Crippen LogP contribution in [0.5, 0.6) is 0 Å². The molecule has 25 heavy (non-hydrogen) atoms. The van der Waals surface area contributed by atoms with E-state index in [1.165, 1.54) is 19.2 Å². The molecular weight excluding hydrogens is 343 g/mol. The van der Waals surface area contributed by atoms with Crippen LogP contribution in [0.25, 0.3) is 0 Å². The quantitative estimate of drug-likeness (QED) is 0.839. The number of rotatable bonds is 4. The summed E-state index contributed by atoms with van der Waals surface area (Å²) in [6.45, 7) is 0.300. The summed E-state index contributed by atoms with van der Waals surface area (Å²) in [6.07, 6.45) is 1.75. The minimum Gasteiger partial charge on any atom is -0.311 e. The molecule has 0 unspecified atom stereocenters. The third kappa shape index (κ3) is 3.57. The van der Waals surface area contributed by atoms with Crippen LogP contribution in [0.2, 0.25) is 0 Å². The second kappa shape index (κ2) is 6.93. The molecule has 0 aromatic heterocycles. The fourth-order valence-electron chi connectivity index (χ4n) is 2.94. The molecule has 0 spiro atoms. The van der Waals surface area contributed by atoms with Crippen LogP contribution in [0.4, 0.5) is 10.1 Å². The van der Waals surface area contributed by atoms with Gasteiger partial charge in [0.2, 0.25) is 15.9 Å². The highest BCUT2D eigenvalue weighted by Crippen LogP contribution is 2.27. The number of para-hydroxylation sites is 1. The van der Waals surface area contributed by atoms with Gasteiger partial charge >= 0.3 is 0 Å². The van der Waals surface area contributed by atoms with E-state index in [9.17, 15) is 17.6 Å². The average molecular weight is 362 g/mol. The predicted octanol–water partition coefficient (Wildman–Crippen LogP) is 2.43. The Morgan fingerprint density at radius 1 is 1.16 bits per heavy atom. The number of nitrogens with zero attached hydrogens (tertiary/aromatic N) is 2. The zero-order valence-electron chi connectivity index (χ0n) is 13.9. The Bertz CT molecular complexity index is 881. The molecule has 0 radical (unpaired) electrons. The smallest absolute Gasteiger partial charge is 0.243 e. The van der Waals surface area contributed by atoms with Crippen LogP contribution in [-0.4, -0.2) is 38.8 Å². The SMILES string of the molecule is CN(CC(=O)N1CCCc2ccccc21)S(=O)(=O)c1ccc(F)cc1. The maximum Gasteiger partial charge on any atom is 0.243 e. The lowest BCUT2D eigenvalue weighted by Crippen LogP contribution is -2.43. The molecule has 1 amide bonds. The van der Waals surface area contributed by atoms with Gasteiger partial charge in [0.15, 0.2) is 0 Å². The number of carbonyl (C=O) groups is 1. The van der Waals surface area contributed by atoms with Crippen LogP contribution in [0, 0.1) is 5.82 Å². The van der Waals surface area contributed by atoms with E-state index >= 15 is 0 Å². The zero-order chi connectivity index (χ0) is 18.0. The number of benzene rings is 2. The standard InChI is InChI=1S/C18H19FN2O3S/c1-20(25(23,24)16-10-8-15(19)9-11-16)13-18(22)21-12-4-6-14-5-2-3-7-17(14)21/h2-3,5,7-11H,4,6,12-13H2,1H3. The Balaban J connectivity index is 1.78. The molecule has 0 saturated heterocycles. The fourth-order valence-corrected chi connectivity index (χ4v) is 4.06. The largest absolute Gasteiger partial charge is 0.311 e. The van der Waals surface area contributed by atoms with Crippen LogP contribution < -0.4 is 4.90 Å². The highest BCUT2D eigenvalue weighted by atomic mass is 32.2. The second-order valence-electron chi connectivity index (χ2n) is 5.99. The van der Waals surface area contributed by atoms with Crippen molar-refractivity contribution >= 4 is 21.6 Å². The van der Waals surface area contributed by atoms with Crippen LogP contribution >= 0.6 is 0 Å². The molecule has 7 heteroatoms. The van der Waals surface area contributed by atoms with Crippen molar-refractivity contribution in [3.05, 3.63) is 59.9 Å². The number of sulfonamides is 1. The van der Waals surface area contributed by atoms with E-state index in [0.717, 1.165) is 40.5 Å². The summed E-state index contributed by atoms with van der Waals surface area (Å²) in [6, 6.07) is 12.2. The number of fused-ring (bicyclic) bond motifs is 1. The third-order valence-corrected chi connectivity index (χ3v) is 6.11. The molecule has 3 rings (SSSR count). The topological polar surface area (TPSA) is 57.7 Å². The lowest BCUT2D eigenvalue weighted by atomic mass is 10.0. The van der Waals surface area contributed by atoms with Crippen LogP contribution in [0.1, 0.15) is 12.0 Å². The van der Waals surface area contributed by atoms with E-state index in [4.69, 9.17) is 0 Å². The Morgan fingerprint density at radius 3 is 2.56 bits per heavy atom. The van der Waals surface area contributed by atoms with Gasteiger partial charge in [-0.15, -0.1) is 0 Å². The molecule has 2 aromatic carbocycles. The van der Waals surface area contributed by atoms with Gasteiger partial charge in [-0.2, -0.15) is 4.31 Å². The Kier molecular flexibility index (Phi) is 4.87. The monoisotopic (exact) mass is 362 g/mol. The van der Waals surface area contributed by atoms with Crippen molar-refractivity contribution < 1.29 is 17.6 Å². The number of halogens is 1. The highest BCUT2D eigenvalue weighted by Gasteiger charge is 2.27. The van der Waals surface area contributed by atoms with E-state index in [-0.39, 0.29) is 17.3 Å². The number of hydrogen-bond donors (Lipinski definition) is 0. The van der Waals surface area contributed by atoms with Gasteiger partial charge in [-0.05, 0) is 48.7 Å². The molecule has 132 valence electrons. The van der Waals surface area contributed by atoms with E-state index in [2.05, 4.69) is 0 Å². The summed E-state index contributed by atoms with van der Waals surface area (Å²) in [4.78, 5) is 14.3. The van der Waals surface area contributed by atoms with Crippen LogP contribution in [-0.2, 0) is 21.2 Å². The molecule has 0 atom stereocenters. The van der Waals surface area contributed by atoms with Crippen molar-refractivity contribution in [2.75, 3.05) is 25.0 Å². The first-order valence-corrected chi connectivity index (χ1v) is 9.44. The molecule has 0 bridgehead atoms. The summed E-state index contributed by atoms with van der Waals surface area (Å²) in [5.41, 5.74) is 1.93. The van der Waals surface area contributed by atoms with Crippen molar-refractivity contribution in [3.63, 3.8) is 0 Å². The van der Waals surface area contributed by atoms with E-state index in [1.54, 1.807) is 4.90 Å². The first-order valence-electron chi connectivity index (χ1n) is 8.00. The van der Waals surface area contributed by atoms with Crippen molar-refractivity contribution in [2.45, 2.75) is 17.7 Å². The van der Waals surface area contributed by atoms with Crippen molar-refractivity contribution in [3.8, 4) is 0 Å². The lowest BCUT2D eigenvalue weighted by Gasteiger charge is -2.30. The molecule has 0 N–H and O–H groups in total. The van der Waals surface area contributed by atoms with Gasteiger partial charge in [-0.1, -0.05) is 18.2 Å². The van der Waals surface area contributed by atoms with Gasteiger partial charge in [0.25, 0.3) is 0 Å². The summed E-state index contributed by atoms with van der Waals surface area (Å²) >= 11 is 0. The van der Waals surface area contributed by atoms with Crippen molar-refractivity contribution in [1.29, 1.82) is 0 Å². The number of anilines is 1. The first kappa shape index (κ1) is 17.6. The number of hydrogen-bond acceptors (Lipinski definition) is 3. The molecule has 2 aromatic rings. The normalized spacial score (nSPS) is 14.4.